The maximum Gasteiger partial charge on any atom is 0.341 e. The molecule has 0 saturated heterocycles. The van der Waals surface area contributed by atoms with Crippen molar-refractivity contribution in [2.24, 2.45) is 0 Å². The third kappa shape index (κ3) is 4.99. The lowest BCUT2D eigenvalue weighted by Gasteiger charge is -2.07. The third-order valence-electron chi connectivity index (χ3n) is 4.69. The Kier molecular flexibility index (Phi) is 6.63. The second kappa shape index (κ2) is 9.00. The SMILES string of the molecule is O=C(NNC(=O)c1cc2c(s1)CCCCCC2)c1ccc(S(=O)(=O)C(F)F)cc1. The monoisotopic (exact) mass is 442 g/mol. The molecule has 10 heteroatoms. The van der Waals surface area contributed by atoms with Gasteiger partial charge < -0.3 is 0 Å². The normalized spacial score (nSPS) is 14.6. The topological polar surface area (TPSA) is 92.3 Å². The van der Waals surface area contributed by atoms with E-state index in [1.165, 1.54) is 34.6 Å². The number of amides is 2. The van der Waals surface area contributed by atoms with Crippen LogP contribution in [-0.2, 0) is 22.7 Å². The predicted molar refractivity (Wildman–Crippen MR) is 105 cm³/mol. The maximum absolute atomic E-state index is 12.5. The lowest BCUT2D eigenvalue weighted by molar-refractivity contribution is 0.0849. The van der Waals surface area contributed by atoms with Crippen LogP contribution in [0.4, 0.5) is 8.78 Å². The minimum Gasteiger partial charge on any atom is -0.267 e. The third-order valence-corrected chi connectivity index (χ3v) is 7.32. The Labute approximate surface area is 171 Å². The quantitative estimate of drug-likeness (QED) is 0.709. The highest BCUT2D eigenvalue weighted by atomic mass is 32.2. The maximum atomic E-state index is 12.5. The zero-order chi connectivity index (χ0) is 21.0. The number of hydrazine groups is 1. The highest BCUT2D eigenvalue weighted by molar-refractivity contribution is 7.91. The van der Waals surface area contributed by atoms with Crippen LogP contribution in [0.25, 0.3) is 0 Å². The summed E-state index contributed by atoms with van der Waals surface area (Å²) in [5.41, 5.74) is 5.80. The number of alkyl halides is 2. The number of rotatable bonds is 4. The molecule has 1 aromatic heterocycles. The summed E-state index contributed by atoms with van der Waals surface area (Å²) in [4.78, 5) is 25.6. The van der Waals surface area contributed by atoms with Gasteiger partial charge in [-0.25, -0.2) is 8.42 Å². The summed E-state index contributed by atoms with van der Waals surface area (Å²) >= 11 is 1.42. The molecule has 0 fully saturated rings. The van der Waals surface area contributed by atoms with Gasteiger partial charge >= 0.3 is 5.76 Å². The van der Waals surface area contributed by atoms with Crippen LogP contribution in [0.15, 0.2) is 35.2 Å². The number of carbonyl (C=O) groups is 2. The van der Waals surface area contributed by atoms with Crippen molar-refractivity contribution in [1.82, 2.24) is 10.9 Å². The second-order valence-electron chi connectivity index (χ2n) is 6.71. The van der Waals surface area contributed by atoms with Gasteiger partial charge in [-0.15, -0.1) is 11.3 Å². The molecule has 0 bridgehead atoms. The van der Waals surface area contributed by atoms with Gasteiger partial charge in [0.25, 0.3) is 11.8 Å². The van der Waals surface area contributed by atoms with E-state index in [9.17, 15) is 26.8 Å². The van der Waals surface area contributed by atoms with Crippen LogP contribution in [0.3, 0.4) is 0 Å². The number of sulfone groups is 1. The first-order valence-corrected chi connectivity index (χ1v) is 11.5. The number of thiophene rings is 1. The lowest BCUT2D eigenvalue weighted by Crippen LogP contribution is -2.41. The Hall–Kier alpha value is -2.33. The largest absolute Gasteiger partial charge is 0.341 e. The molecule has 2 amide bonds. The minimum atomic E-state index is -4.72. The molecule has 1 aliphatic rings. The van der Waals surface area contributed by atoms with E-state index < -0.39 is 32.3 Å². The fraction of sp³-hybridized carbons (Fsp3) is 0.368. The van der Waals surface area contributed by atoms with Gasteiger partial charge in [0.05, 0.1) is 9.77 Å². The molecule has 29 heavy (non-hydrogen) atoms. The molecular formula is C19H20F2N2O4S2. The van der Waals surface area contributed by atoms with E-state index in [0.29, 0.717) is 4.88 Å². The van der Waals surface area contributed by atoms with Gasteiger partial charge in [0.1, 0.15) is 0 Å². The second-order valence-corrected chi connectivity index (χ2v) is 9.77. The van der Waals surface area contributed by atoms with Gasteiger partial charge in [-0.3, -0.25) is 20.4 Å². The summed E-state index contributed by atoms with van der Waals surface area (Å²) in [6, 6.07) is 5.92. The number of hydrogen-bond donors (Lipinski definition) is 2. The molecule has 1 aliphatic carbocycles. The first-order valence-electron chi connectivity index (χ1n) is 9.13. The number of carbonyl (C=O) groups excluding carboxylic acids is 2. The molecule has 0 radical (unpaired) electrons. The van der Waals surface area contributed by atoms with Crippen molar-refractivity contribution in [2.75, 3.05) is 0 Å². The van der Waals surface area contributed by atoms with Gasteiger partial charge in [0.2, 0.25) is 9.84 Å². The van der Waals surface area contributed by atoms with E-state index in [0.717, 1.165) is 49.9 Å². The van der Waals surface area contributed by atoms with Gasteiger partial charge in [-0.1, -0.05) is 12.8 Å². The summed E-state index contributed by atoms with van der Waals surface area (Å²) < 4.78 is 47.9. The van der Waals surface area contributed by atoms with Crippen molar-refractivity contribution in [1.29, 1.82) is 0 Å². The van der Waals surface area contributed by atoms with Gasteiger partial charge in [-0.2, -0.15) is 8.78 Å². The Bertz CT molecular complexity index is 976. The van der Waals surface area contributed by atoms with Crippen molar-refractivity contribution >= 4 is 33.0 Å². The standard InChI is InChI=1S/C19H20F2N2O4S2/c20-19(21)29(26,27)14-9-7-12(8-10-14)17(24)22-23-18(25)16-11-13-5-3-1-2-4-6-15(13)28-16/h7-11,19H,1-6H2,(H,22,24)(H,23,25). The summed E-state index contributed by atoms with van der Waals surface area (Å²) in [5, 5.41) is 0. The summed E-state index contributed by atoms with van der Waals surface area (Å²) in [6.07, 6.45) is 6.46. The first kappa shape index (κ1) is 21.4. The Morgan fingerprint density at radius 3 is 2.21 bits per heavy atom. The molecule has 0 aliphatic heterocycles. The van der Waals surface area contributed by atoms with Crippen LogP contribution in [0, 0.1) is 0 Å². The Morgan fingerprint density at radius 1 is 0.931 bits per heavy atom. The van der Waals surface area contributed by atoms with Crippen LogP contribution < -0.4 is 10.9 Å². The molecule has 1 heterocycles. The summed E-state index contributed by atoms with van der Waals surface area (Å²) in [6.45, 7) is 0. The average Bonchev–Trinajstić information content (AvgIpc) is 3.07. The van der Waals surface area contributed by atoms with E-state index in [-0.39, 0.29) is 5.56 Å². The molecule has 3 rings (SSSR count). The molecule has 0 unspecified atom stereocenters. The van der Waals surface area contributed by atoms with E-state index >= 15 is 0 Å². The molecular weight excluding hydrogens is 422 g/mol. The van der Waals surface area contributed by atoms with Crippen LogP contribution in [0.2, 0.25) is 0 Å². The van der Waals surface area contributed by atoms with Crippen molar-refractivity contribution in [2.45, 2.75) is 49.2 Å². The fourth-order valence-electron chi connectivity index (χ4n) is 3.10. The van der Waals surface area contributed by atoms with Crippen molar-refractivity contribution in [3.8, 4) is 0 Å². The summed E-state index contributed by atoms with van der Waals surface area (Å²) in [5.74, 6) is -4.66. The smallest absolute Gasteiger partial charge is 0.267 e. The number of fused-ring (bicyclic) bond motifs is 1. The van der Waals surface area contributed by atoms with Crippen LogP contribution in [0.1, 0.15) is 56.2 Å². The Balaban J connectivity index is 1.62. The Morgan fingerprint density at radius 2 is 1.55 bits per heavy atom. The fourth-order valence-corrected chi connectivity index (χ4v) is 4.97. The van der Waals surface area contributed by atoms with Crippen LogP contribution in [-0.4, -0.2) is 26.0 Å². The van der Waals surface area contributed by atoms with Gasteiger partial charge in [0.15, 0.2) is 0 Å². The average molecular weight is 443 g/mol. The van der Waals surface area contributed by atoms with E-state index in [1.807, 2.05) is 6.07 Å². The van der Waals surface area contributed by atoms with E-state index in [2.05, 4.69) is 10.9 Å². The predicted octanol–water partition coefficient (Wildman–Crippen LogP) is 3.48. The van der Waals surface area contributed by atoms with Crippen molar-refractivity contribution in [3.05, 3.63) is 51.2 Å². The zero-order valence-electron chi connectivity index (χ0n) is 15.4. The highest BCUT2D eigenvalue weighted by Crippen LogP contribution is 2.28. The summed E-state index contributed by atoms with van der Waals surface area (Å²) in [7, 11) is -4.72. The van der Waals surface area contributed by atoms with Crippen LogP contribution in [0.5, 0.6) is 0 Å². The van der Waals surface area contributed by atoms with E-state index in [1.54, 1.807) is 0 Å². The minimum absolute atomic E-state index is 0.0250. The molecule has 0 atom stereocenters. The van der Waals surface area contributed by atoms with Crippen LogP contribution >= 0.6 is 11.3 Å². The molecule has 2 aromatic rings. The number of benzene rings is 1. The first-order chi connectivity index (χ1) is 13.8. The molecule has 6 nitrogen and oxygen atoms in total. The number of halogens is 2. The number of aryl methyl sites for hydroxylation is 2. The molecule has 0 saturated carbocycles. The zero-order valence-corrected chi connectivity index (χ0v) is 17.0. The van der Waals surface area contributed by atoms with Crippen molar-refractivity contribution in [3.63, 3.8) is 0 Å². The van der Waals surface area contributed by atoms with Gasteiger partial charge in [-0.05, 0) is 61.6 Å². The highest BCUT2D eigenvalue weighted by Gasteiger charge is 2.26. The molecule has 1 aromatic carbocycles. The molecule has 0 spiro atoms. The van der Waals surface area contributed by atoms with Gasteiger partial charge in [0, 0.05) is 10.4 Å². The van der Waals surface area contributed by atoms with E-state index in [4.69, 9.17) is 0 Å². The lowest BCUT2D eigenvalue weighted by atomic mass is 10.00. The molecule has 2 N–H and O–H groups in total. The molecule has 156 valence electrons. The number of hydrogen-bond acceptors (Lipinski definition) is 5. The number of nitrogens with one attached hydrogen (secondary N) is 2. The van der Waals surface area contributed by atoms with Crippen molar-refractivity contribution < 1.29 is 26.8 Å².